The summed E-state index contributed by atoms with van der Waals surface area (Å²) in [4.78, 5) is 0. The summed E-state index contributed by atoms with van der Waals surface area (Å²) in [5.74, 6) is 0. The van der Waals surface area contributed by atoms with Crippen LogP contribution in [0.15, 0.2) is 0 Å². The Morgan fingerprint density at radius 2 is 1.89 bits per heavy atom. The second-order valence-electron chi connectivity index (χ2n) is 1.59. The quantitative estimate of drug-likeness (QED) is 0.573. The summed E-state index contributed by atoms with van der Waals surface area (Å²) in [6.45, 7) is 2.66. The van der Waals surface area contributed by atoms with E-state index in [2.05, 4.69) is 6.92 Å². The molecule has 0 rings (SSSR count). The molecular formula is C4H9Cl3OSb. The van der Waals surface area contributed by atoms with Gasteiger partial charge in [-0.05, 0) is 0 Å². The number of unbranched alkanes of at least 4 members (excludes halogenated alkanes) is 1. The van der Waals surface area contributed by atoms with Crippen LogP contribution in [0.5, 0.6) is 0 Å². The summed E-state index contributed by atoms with van der Waals surface area (Å²) < 4.78 is 4.97. The second-order valence-corrected chi connectivity index (χ2v) is 17.7. The maximum absolute atomic E-state index is 5.48. The zero-order valence-electron chi connectivity index (χ0n) is 5.11. The first kappa shape index (κ1) is 10.6. The van der Waals surface area contributed by atoms with E-state index in [1.165, 1.54) is 0 Å². The molecule has 0 aliphatic carbocycles. The molecule has 0 fully saturated rings. The Morgan fingerprint density at radius 3 is 2.22 bits per heavy atom. The van der Waals surface area contributed by atoms with Crippen molar-refractivity contribution >= 4 is 42.3 Å². The van der Waals surface area contributed by atoms with Gasteiger partial charge in [-0.2, -0.15) is 0 Å². The molecule has 1 radical (unpaired) electrons. The van der Waals surface area contributed by atoms with Gasteiger partial charge in [0, 0.05) is 0 Å². The summed E-state index contributed by atoms with van der Waals surface area (Å²) in [6.07, 6.45) is 2.05. The fourth-order valence-corrected chi connectivity index (χ4v) is 2.66. The van der Waals surface area contributed by atoms with Crippen LogP contribution in [0.4, 0.5) is 0 Å². The second kappa shape index (κ2) is 5.32. The van der Waals surface area contributed by atoms with E-state index in [1.807, 2.05) is 0 Å². The molecule has 0 aromatic heterocycles. The van der Waals surface area contributed by atoms with Gasteiger partial charge in [-0.1, -0.05) is 0 Å². The SMILES string of the molecule is CCCC[O][Sb]([Cl])([Cl])[Cl]. The number of halogens is 3. The Balaban J connectivity index is 3.07. The van der Waals surface area contributed by atoms with Gasteiger partial charge in [-0.3, -0.25) is 0 Å². The molecule has 0 heterocycles. The van der Waals surface area contributed by atoms with Crippen molar-refractivity contribution < 1.29 is 3.02 Å². The molecule has 57 valence electrons. The molecule has 0 aliphatic rings. The van der Waals surface area contributed by atoms with Gasteiger partial charge in [0.15, 0.2) is 0 Å². The molecule has 0 aromatic rings. The standard InChI is InChI=1S/C4H9O.3ClH.Sb/c1-2-3-4-5;;;;/h2-4H2,1H3;3*1H;/q-1;;;;+4/p-3. The van der Waals surface area contributed by atoms with E-state index in [1.54, 1.807) is 0 Å². The molecule has 5 heteroatoms. The van der Waals surface area contributed by atoms with Crippen molar-refractivity contribution in [2.24, 2.45) is 0 Å². The molecule has 0 aliphatic heterocycles. The van der Waals surface area contributed by atoms with Crippen LogP contribution in [0.1, 0.15) is 19.8 Å². The van der Waals surface area contributed by atoms with Gasteiger partial charge in [0.25, 0.3) is 0 Å². The zero-order chi connectivity index (χ0) is 7.33. The topological polar surface area (TPSA) is 9.23 Å². The Labute approximate surface area is 71.2 Å². The minimum absolute atomic E-state index is 0.596. The molecule has 0 bridgehead atoms. The summed E-state index contributed by atoms with van der Waals surface area (Å²) in [5.41, 5.74) is 0. The average Bonchev–Trinajstić information content (AvgIpc) is 1.63. The first-order valence-electron chi connectivity index (χ1n) is 2.69. The van der Waals surface area contributed by atoms with Crippen molar-refractivity contribution in [1.82, 2.24) is 0 Å². The number of rotatable bonds is 4. The van der Waals surface area contributed by atoms with E-state index < -0.39 is 15.8 Å². The molecule has 0 unspecified atom stereocenters. The van der Waals surface area contributed by atoms with Crippen molar-refractivity contribution in [3.05, 3.63) is 0 Å². The fourth-order valence-electron chi connectivity index (χ4n) is 0.312. The molecule has 0 N–H and O–H groups in total. The molecule has 0 atom stereocenters. The summed E-state index contributed by atoms with van der Waals surface area (Å²) in [5, 5.41) is 0. The average molecular weight is 301 g/mol. The predicted octanol–water partition coefficient (Wildman–Crippen LogP) is 2.96. The van der Waals surface area contributed by atoms with Gasteiger partial charge in [-0.25, -0.2) is 0 Å². The van der Waals surface area contributed by atoms with E-state index in [-0.39, 0.29) is 0 Å². The first-order chi connectivity index (χ1) is 4.06. The van der Waals surface area contributed by atoms with Crippen LogP contribution in [-0.2, 0) is 3.02 Å². The van der Waals surface area contributed by atoms with Crippen LogP contribution >= 0.6 is 26.5 Å². The van der Waals surface area contributed by atoms with Crippen molar-refractivity contribution in [3.63, 3.8) is 0 Å². The van der Waals surface area contributed by atoms with Crippen LogP contribution in [0.2, 0.25) is 0 Å². The number of hydrogen-bond donors (Lipinski definition) is 0. The van der Waals surface area contributed by atoms with E-state index in [0.717, 1.165) is 12.8 Å². The van der Waals surface area contributed by atoms with Crippen LogP contribution < -0.4 is 0 Å². The third kappa shape index (κ3) is 9.65. The van der Waals surface area contributed by atoms with E-state index >= 15 is 0 Å². The van der Waals surface area contributed by atoms with E-state index in [9.17, 15) is 0 Å². The molecule has 0 spiro atoms. The van der Waals surface area contributed by atoms with E-state index in [4.69, 9.17) is 29.5 Å². The van der Waals surface area contributed by atoms with Gasteiger partial charge in [-0.15, -0.1) is 0 Å². The van der Waals surface area contributed by atoms with Gasteiger partial charge < -0.3 is 0 Å². The van der Waals surface area contributed by atoms with Gasteiger partial charge in [0.1, 0.15) is 0 Å². The fraction of sp³-hybridized carbons (Fsp3) is 1.00. The normalized spacial score (nSPS) is 12.0. The Morgan fingerprint density at radius 1 is 1.33 bits per heavy atom. The van der Waals surface area contributed by atoms with Crippen molar-refractivity contribution in [1.29, 1.82) is 0 Å². The Kier molecular flexibility index (Phi) is 6.29. The van der Waals surface area contributed by atoms with Crippen LogP contribution in [-0.4, -0.2) is 22.4 Å². The third-order valence-corrected chi connectivity index (χ3v) is 4.06. The van der Waals surface area contributed by atoms with Crippen molar-refractivity contribution in [2.75, 3.05) is 6.61 Å². The Hall–Kier alpha value is 1.65. The molecule has 0 aromatic carbocycles. The first-order valence-corrected chi connectivity index (χ1v) is 13.4. The zero-order valence-corrected chi connectivity index (χ0v) is 9.93. The molecule has 1 nitrogen and oxygen atoms in total. The third-order valence-electron chi connectivity index (χ3n) is 0.736. The molecule has 0 saturated carbocycles. The maximum atomic E-state index is 5.48. The van der Waals surface area contributed by atoms with Crippen molar-refractivity contribution in [3.8, 4) is 0 Å². The van der Waals surface area contributed by atoms with E-state index in [0.29, 0.717) is 6.61 Å². The molecule has 0 saturated heterocycles. The predicted molar refractivity (Wildman–Crippen MR) is 44.2 cm³/mol. The molecular weight excluding hydrogens is 292 g/mol. The molecule has 9 heavy (non-hydrogen) atoms. The van der Waals surface area contributed by atoms with Crippen LogP contribution in [0.25, 0.3) is 0 Å². The van der Waals surface area contributed by atoms with Gasteiger partial charge in [0.2, 0.25) is 0 Å². The van der Waals surface area contributed by atoms with Crippen LogP contribution in [0.3, 0.4) is 0 Å². The number of hydrogen-bond acceptors (Lipinski definition) is 1. The summed E-state index contributed by atoms with van der Waals surface area (Å²) >= 11 is -3.33. The summed E-state index contributed by atoms with van der Waals surface area (Å²) in [6, 6.07) is 0. The minimum atomic E-state index is -3.33. The van der Waals surface area contributed by atoms with Gasteiger partial charge in [0.05, 0.1) is 0 Å². The monoisotopic (exact) mass is 299 g/mol. The van der Waals surface area contributed by atoms with Crippen molar-refractivity contribution in [2.45, 2.75) is 19.8 Å². The molecule has 0 amide bonds. The van der Waals surface area contributed by atoms with Crippen LogP contribution in [0, 0.1) is 0 Å². The summed E-state index contributed by atoms with van der Waals surface area (Å²) in [7, 11) is 16.4. The Bertz CT molecular complexity index is 72.7. The van der Waals surface area contributed by atoms with Gasteiger partial charge >= 0.3 is 71.7 Å².